The van der Waals surface area contributed by atoms with Crippen molar-refractivity contribution in [3.05, 3.63) is 107 Å². The zero-order chi connectivity index (χ0) is 25.3. The molecule has 3 aromatic rings. The van der Waals surface area contributed by atoms with Gasteiger partial charge in [0.05, 0.1) is 11.5 Å². The van der Waals surface area contributed by atoms with E-state index in [0.29, 0.717) is 24.8 Å². The molecule has 0 saturated carbocycles. The fourth-order valence-electron chi connectivity index (χ4n) is 4.07. The van der Waals surface area contributed by atoms with Crippen molar-refractivity contribution >= 4 is 24.2 Å². The Morgan fingerprint density at radius 3 is 1.89 bits per heavy atom. The first-order chi connectivity index (χ1) is 17.5. The molecule has 184 valence electrons. The van der Waals surface area contributed by atoms with Crippen LogP contribution in [0.25, 0.3) is 0 Å². The van der Waals surface area contributed by atoms with Gasteiger partial charge in [0.25, 0.3) is 0 Å². The van der Waals surface area contributed by atoms with Crippen LogP contribution in [0, 0.1) is 0 Å². The van der Waals surface area contributed by atoms with Crippen LogP contribution in [0.1, 0.15) is 51.4 Å². The number of esters is 2. The molecule has 8 nitrogen and oxygen atoms in total. The van der Waals surface area contributed by atoms with Crippen molar-refractivity contribution in [2.75, 3.05) is 0 Å². The van der Waals surface area contributed by atoms with E-state index in [1.165, 1.54) is 6.07 Å². The third-order valence-electron chi connectivity index (χ3n) is 5.75. The fraction of sp³-hybridized carbons (Fsp3) is 0.214. The van der Waals surface area contributed by atoms with Crippen LogP contribution in [-0.2, 0) is 43.4 Å². The highest BCUT2D eigenvalue weighted by Crippen LogP contribution is 2.35. The molecule has 0 aliphatic heterocycles. The summed E-state index contributed by atoms with van der Waals surface area (Å²) in [5.74, 6) is -2.67. The molecule has 3 aromatic carbocycles. The van der Waals surface area contributed by atoms with Crippen LogP contribution in [0.5, 0.6) is 0 Å². The third-order valence-corrected chi connectivity index (χ3v) is 5.75. The Morgan fingerprint density at radius 1 is 0.694 bits per heavy atom. The van der Waals surface area contributed by atoms with E-state index in [-0.39, 0.29) is 18.8 Å². The van der Waals surface area contributed by atoms with Crippen LogP contribution in [0.15, 0.2) is 78.9 Å². The Bertz CT molecular complexity index is 1240. The Labute approximate surface area is 207 Å². The Hall–Kier alpha value is -4.46. The third kappa shape index (κ3) is 6.35. The van der Waals surface area contributed by atoms with Crippen LogP contribution in [-0.4, -0.2) is 24.2 Å². The zero-order valence-electron chi connectivity index (χ0n) is 19.4. The molecule has 4 rings (SSSR count). The number of ether oxygens (including phenoxy) is 4. The number of fused-ring (bicyclic) bond motifs is 1. The lowest BCUT2D eigenvalue weighted by Crippen LogP contribution is -2.26. The second kappa shape index (κ2) is 11.8. The molecule has 0 amide bonds. The summed E-state index contributed by atoms with van der Waals surface area (Å²) in [6.07, 6.45) is -0.636. The van der Waals surface area contributed by atoms with Crippen molar-refractivity contribution < 1.29 is 38.1 Å². The first-order valence-corrected chi connectivity index (χ1v) is 11.5. The highest BCUT2D eigenvalue weighted by Gasteiger charge is 2.34. The molecule has 0 spiro atoms. The van der Waals surface area contributed by atoms with Crippen molar-refractivity contribution in [3.8, 4) is 0 Å². The second-order valence-corrected chi connectivity index (χ2v) is 8.18. The predicted molar refractivity (Wildman–Crippen MR) is 127 cm³/mol. The molecule has 0 N–H and O–H groups in total. The predicted octanol–water partition coefficient (Wildman–Crippen LogP) is 5.48. The monoisotopic (exact) mass is 488 g/mol. The molecule has 0 saturated heterocycles. The summed E-state index contributed by atoms with van der Waals surface area (Å²) in [5.41, 5.74) is 2.65. The molecule has 0 aromatic heterocycles. The number of hydrogen-bond acceptors (Lipinski definition) is 8. The van der Waals surface area contributed by atoms with E-state index in [2.05, 4.69) is 0 Å². The number of carbonyl (C=O) groups excluding carboxylic acids is 4. The molecule has 0 heterocycles. The van der Waals surface area contributed by atoms with Gasteiger partial charge in [-0.15, -0.1) is 0 Å². The minimum atomic E-state index is -1.15. The van der Waals surface area contributed by atoms with Crippen LogP contribution < -0.4 is 0 Å². The number of benzene rings is 3. The average molecular weight is 488 g/mol. The molecule has 0 bridgehead atoms. The van der Waals surface area contributed by atoms with Gasteiger partial charge in [-0.25, -0.2) is 14.4 Å². The zero-order valence-corrected chi connectivity index (χ0v) is 19.4. The lowest BCUT2D eigenvalue weighted by atomic mass is 9.80. The van der Waals surface area contributed by atoms with Crippen molar-refractivity contribution in [1.29, 1.82) is 0 Å². The van der Waals surface area contributed by atoms with E-state index < -0.39 is 30.2 Å². The van der Waals surface area contributed by atoms with Crippen LogP contribution in [0.3, 0.4) is 0 Å². The quantitative estimate of drug-likeness (QED) is 0.332. The summed E-state index contributed by atoms with van der Waals surface area (Å²) < 4.78 is 19.9. The van der Waals surface area contributed by atoms with Crippen molar-refractivity contribution in [2.45, 2.75) is 38.4 Å². The summed E-state index contributed by atoms with van der Waals surface area (Å²) in [7, 11) is 0. The Morgan fingerprint density at radius 2 is 1.28 bits per heavy atom. The second-order valence-electron chi connectivity index (χ2n) is 8.18. The van der Waals surface area contributed by atoms with Gasteiger partial charge in [-0.1, -0.05) is 72.8 Å². The van der Waals surface area contributed by atoms with Gasteiger partial charge in [-0.2, -0.15) is 0 Å². The minimum Gasteiger partial charge on any atom is -0.429 e. The summed E-state index contributed by atoms with van der Waals surface area (Å²) >= 11 is 0. The summed E-state index contributed by atoms with van der Waals surface area (Å²) in [6.45, 7) is -0.100. The van der Waals surface area contributed by atoms with E-state index in [0.717, 1.165) is 16.7 Å². The molecule has 1 aliphatic rings. The Balaban J connectivity index is 1.41. The summed E-state index contributed by atoms with van der Waals surface area (Å²) in [4.78, 5) is 49.9. The molecule has 0 fully saturated rings. The Kier molecular flexibility index (Phi) is 8.08. The van der Waals surface area contributed by atoms with Crippen molar-refractivity contribution in [3.63, 3.8) is 0 Å². The van der Waals surface area contributed by atoms with Gasteiger partial charge in [-0.3, -0.25) is 4.79 Å². The van der Waals surface area contributed by atoms with Gasteiger partial charge in [0.15, 0.2) is 0 Å². The minimum absolute atomic E-state index is 0.0448. The van der Waals surface area contributed by atoms with Gasteiger partial charge in [0, 0.05) is 0 Å². The maximum absolute atomic E-state index is 12.9. The summed E-state index contributed by atoms with van der Waals surface area (Å²) in [6, 6.07) is 22.8. The highest BCUT2D eigenvalue weighted by molar-refractivity contribution is 5.99. The van der Waals surface area contributed by atoms with Gasteiger partial charge in [0.1, 0.15) is 13.2 Å². The average Bonchev–Trinajstić information content (AvgIpc) is 2.91. The maximum Gasteiger partial charge on any atom is 0.516 e. The number of aryl methyl sites for hydroxylation is 1. The van der Waals surface area contributed by atoms with Gasteiger partial charge in [0.2, 0.25) is 0 Å². The molecule has 0 radical (unpaired) electrons. The van der Waals surface area contributed by atoms with E-state index in [1.807, 2.05) is 12.1 Å². The molecule has 1 atom stereocenters. The fourth-order valence-corrected chi connectivity index (χ4v) is 4.07. The lowest BCUT2D eigenvalue weighted by Gasteiger charge is -2.25. The molecule has 36 heavy (non-hydrogen) atoms. The molecule has 1 aliphatic carbocycles. The normalized spacial score (nSPS) is 14.2. The van der Waals surface area contributed by atoms with Crippen molar-refractivity contribution in [2.24, 2.45) is 0 Å². The topological polar surface area (TPSA) is 105 Å². The maximum atomic E-state index is 12.9. The van der Waals surface area contributed by atoms with E-state index in [9.17, 15) is 19.2 Å². The molecular formula is C28H24O8. The van der Waals surface area contributed by atoms with Crippen LogP contribution in [0.4, 0.5) is 9.59 Å². The van der Waals surface area contributed by atoms with E-state index in [1.54, 1.807) is 60.7 Å². The smallest absolute Gasteiger partial charge is 0.429 e. The standard InChI is InChI=1S/C28H24O8/c29-25(35-27(31)33-17-19-9-3-1-4-10-19)22-15-7-13-21-14-8-16-23(24(21)22)26(30)36-28(32)34-18-20-11-5-2-6-12-20/h1-7,9-13,15,23H,8,14,16-18H2. The SMILES string of the molecule is O=C(OCc1ccccc1)OC(=O)c1cccc2c1C(C(=O)OC(=O)OCc1ccccc1)CCC2. The lowest BCUT2D eigenvalue weighted by molar-refractivity contribution is -0.142. The largest absolute Gasteiger partial charge is 0.516 e. The van der Waals surface area contributed by atoms with Gasteiger partial charge < -0.3 is 18.9 Å². The van der Waals surface area contributed by atoms with Crippen LogP contribution >= 0.6 is 0 Å². The van der Waals surface area contributed by atoms with Gasteiger partial charge in [-0.05, 0) is 47.6 Å². The van der Waals surface area contributed by atoms with Crippen molar-refractivity contribution in [1.82, 2.24) is 0 Å². The number of rotatable bonds is 6. The molecule has 8 heteroatoms. The molecular weight excluding hydrogens is 464 g/mol. The first kappa shape index (κ1) is 24.7. The van der Waals surface area contributed by atoms with E-state index in [4.69, 9.17) is 18.9 Å². The first-order valence-electron chi connectivity index (χ1n) is 11.5. The summed E-state index contributed by atoms with van der Waals surface area (Å²) in [5, 5.41) is 0. The van der Waals surface area contributed by atoms with Crippen LogP contribution in [0.2, 0.25) is 0 Å². The number of carbonyl (C=O) groups is 4. The highest BCUT2D eigenvalue weighted by atomic mass is 16.7. The van der Waals surface area contributed by atoms with Gasteiger partial charge >= 0.3 is 24.2 Å². The van der Waals surface area contributed by atoms with E-state index >= 15 is 0 Å². The molecule has 1 unspecified atom stereocenters. The number of hydrogen-bond donors (Lipinski definition) is 0.